The Bertz CT molecular complexity index is 918. The van der Waals surface area contributed by atoms with Gasteiger partial charge < -0.3 is 14.8 Å². The van der Waals surface area contributed by atoms with Crippen molar-refractivity contribution in [1.82, 2.24) is 4.98 Å². The van der Waals surface area contributed by atoms with Crippen LogP contribution >= 0.6 is 0 Å². The van der Waals surface area contributed by atoms with E-state index in [0.29, 0.717) is 19.8 Å². The summed E-state index contributed by atoms with van der Waals surface area (Å²) in [5.74, 6) is 2.64. The van der Waals surface area contributed by atoms with E-state index in [1.807, 2.05) is 36.4 Å². The van der Waals surface area contributed by atoms with Crippen molar-refractivity contribution in [2.45, 2.75) is 39.7 Å². The zero-order chi connectivity index (χ0) is 20.7. The van der Waals surface area contributed by atoms with Gasteiger partial charge in [0.25, 0.3) is 0 Å². The molecule has 1 aromatic heterocycles. The van der Waals surface area contributed by atoms with Gasteiger partial charge in [0, 0.05) is 18.3 Å². The van der Waals surface area contributed by atoms with E-state index in [1.54, 1.807) is 6.20 Å². The zero-order valence-electron chi connectivity index (χ0n) is 17.7. The highest BCUT2D eigenvalue weighted by Gasteiger charge is 2.19. The van der Waals surface area contributed by atoms with E-state index >= 15 is 0 Å². The molecule has 29 heavy (non-hydrogen) atoms. The van der Waals surface area contributed by atoms with Gasteiger partial charge in [0.1, 0.15) is 30.5 Å². The highest BCUT2D eigenvalue weighted by molar-refractivity contribution is 5.41. The number of nitrogens with one attached hydrogen (secondary N) is 1. The second-order valence-electron chi connectivity index (χ2n) is 8.12. The lowest BCUT2D eigenvalue weighted by Crippen LogP contribution is -2.16. The Morgan fingerprint density at radius 1 is 0.862 bits per heavy atom. The summed E-state index contributed by atoms with van der Waals surface area (Å²) in [5.41, 5.74) is 3.58. The molecule has 1 N–H and O–H groups in total. The van der Waals surface area contributed by atoms with Gasteiger partial charge in [-0.05, 0) is 42.2 Å². The van der Waals surface area contributed by atoms with E-state index in [-0.39, 0.29) is 5.41 Å². The summed E-state index contributed by atoms with van der Waals surface area (Å²) < 4.78 is 12.1. The minimum atomic E-state index is 0.0337. The van der Waals surface area contributed by atoms with Gasteiger partial charge in [-0.1, -0.05) is 62.7 Å². The van der Waals surface area contributed by atoms with E-state index in [0.717, 1.165) is 22.9 Å². The van der Waals surface area contributed by atoms with Gasteiger partial charge in [-0.25, -0.2) is 4.98 Å². The molecule has 4 heteroatoms. The van der Waals surface area contributed by atoms with E-state index < -0.39 is 0 Å². The lowest BCUT2D eigenvalue weighted by atomic mass is 9.85. The predicted molar refractivity (Wildman–Crippen MR) is 119 cm³/mol. The second kappa shape index (κ2) is 9.46. The van der Waals surface area contributed by atoms with Crippen molar-refractivity contribution in [1.29, 1.82) is 0 Å². The van der Waals surface area contributed by atoms with Crippen LogP contribution in [-0.4, -0.2) is 18.2 Å². The first kappa shape index (κ1) is 20.7. The SMILES string of the molecule is Cc1ccc(OCCOc2ccccc2CNc2ccccn2)c(C(C)(C)C)c1. The molecule has 0 spiro atoms. The van der Waals surface area contributed by atoms with Crippen LogP contribution in [-0.2, 0) is 12.0 Å². The van der Waals surface area contributed by atoms with Gasteiger partial charge in [-0.15, -0.1) is 0 Å². The molecule has 152 valence electrons. The number of anilines is 1. The fourth-order valence-electron chi connectivity index (χ4n) is 3.10. The van der Waals surface area contributed by atoms with Crippen molar-refractivity contribution < 1.29 is 9.47 Å². The lowest BCUT2D eigenvalue weighted by molar-refractivity contribution is 0.213. The molecule has 1 heterocycles. The van der Waals surface area contributed by atoms with Crippen LogP contribution in [0.2, 0.25) is 0 Å². The molecule has 0 aliphatic heterocycles. The molecule has 0 saturated carbocycles. The van der Waals surface area contributed by atoms with Gasteiger partial charge >= 0.3 is 0 Å². The molecular weight excluding hydrogens is 360 g/mol. The molecule has 0 saturated heterocycles. The van der Waals surface area contributed by atoms with Gasteiger partial charge in [-0.2, -0.15) is 0 Å². The van der Waals surface area contributed by atoms with Crippen LogP contribution in [0.5, 0.6) is 11.5 Å². The van der Waals surface area contributed by atoms with E-state index in [4.69, 9.17) is 9.47 Å². The van der Waals surface area contributed by atoms with Crippen molar-refractivity contribution in [2.24, 2.45) is 0 Å². The third kappa shape index (κ3) is 5.98. The number of hydrogen-bond donors (Lipinski definition) is 1. The van der Waals surface area contributed by atoms with Crippen LogP contribution in [0, 0.1) is 6.92 Å². The van der Waals surface area contributed by atoms with Crippen molar-refractivity contribution in [2.75, 3.05) is 18.5 Å². The fourth-order valence-corrected chi connectivity index (χ4v) is 3.10. The Labute approximate surface area is 173 Å². The maximum atomic E-state index is 6.06. The number of para-hydroxylation sites is 1. The summed E-state index contributed by atoms with van der Waals surface area (Å²) in [6.45, 7) is 10.4. The number of rotatable bonds is 8. The first-order chi connectivity index (χ1) is 13.9. The van der Waals surface area contributed by atoms with Crippen molar-refractivity contribution >= 4 is 5.82 Å². The van der Waals surface area contributed by atoms with Crippen molar-refractivity contribution in [3.63, 3.8) is 0 Å². The van der Waals surface area contributed by atoms with Gasteiger partial charge in [-0.3, -0.25) is 0 Å². The van der Waals surface area contributed by atoms with Crippen LogP contribution in [0.4, 0.5) is 5.82 Å². The largest absolute Gasteiger partial charge is 0.490 e. The second-order valence-corrected chi connectivity index (χ2v) is 8.12. The smallest absolute Gasteiger partial charge is 0.126 e. The third-order valence-corrected chi connectivity index (χ3v) is 4.64. The first-order valence-electron chi connectivity index (χ1n) is 10.0. The number of benzene rings is 2. The first-order valence-corrected chi connectivity index (χ1v) is 10.0. The summed E-state index contributed by atoms with van der Waals surface area (Å²) >= 11 is 0. The average molecular weight is 391 g/mol. The maximum Gasteiger partial charge on any atom is 0.126 e. The molecule has 0 bridgehead atoms. The monoisotopic (exact) mass is 390 g/mol. The maximum absolute atomic E-state index is 6.06. The standard InChI is InChI=1S/C25H30N2O2/c1-19-12-13-23(21(17-19)25(2,3)4)29-16-15-28-22-10-6-5-9-20(22)18-27-24-11-7-8-14-26-24/h5-14,17H,15-16,18H2,1-4H3,(H,26,27). The quantitative estimate of drug-likeness (QED) is 0.497. The average Bonchev–Trinajstić information content (AvgIpc) is 2.71. The van der Waals surface area contributed by atoms with E-state index in [9.17, 15) is 0 Å². The Kier molecular flexibility index (Phi) is 6.76. The number of aromatic nitrogens is 1. The number of aryl methyl sites for hydroxylation is 1. The molecule has 0 atom stereocenters. The molecule has 3 aromatic rings. The number of nitrogens with zero attached hydrogens (tertiary/aromatic N) is 1. The molecular formula is C25H30N2O2. The lowest BCUT2D eigenvalue weighted by Gasteiger charge is -2.23. The highest BCUT2D eigenvalue weighted by Crippen LogP contribution is 2.32. The molecule has 2 aromatic carbocycles. The van der Waals surface area contributed by atoms with Crippen LogP contribution < -0.4 is 14.8 Å². The molecule has 0 aliphatic rings. The van der Waals surface area contributed by atoms with Crippen molar-refractivity contribution in [3.8, 4) is 11.5 Å². The summed E-state index contributed by atoms with van der Waals surface area (Å²) in [6.07, 6.45) is 1.78. The number of ether oxygens (including phenoxy) is 2. The Morgan fingerprint density at radius 2 is 1.59 bits per heavy atom. The summed E-state index contributed by atoms with van der Waals surface area (Å²) in [6, 6.07) is 20.2. The minimum Gasteiger partial charge on any atom is -0.490 e. The molecule has 0 fully saturated rings. The third-order valence-electron chi connectivity index (χ3n) is 4.64. The topological polar surface area (TPSA) is 43.4 Å². The van der Waals surface area contributed by atoms with Gasteiger partial charge in [0.2, 0.25) is 0 Å². The Balaban J connectivity index is 1.56. The van der Waals surface area contributed by atoms with Gasteiger partial charge in [0.15, 0.2) is 0 Å². The summed E-state index contributed by atoms with van der Waals surface area (Å²) in [5, 5.41) is 3.32. The zero-order valence-corrected chi connectivity index (χ0v) is 17.7. The molecule has 3 rings (SSSR count). The normalized spacial score (nSPS) is 11.2. The van der Waals surface area contributed by atoms with Crippen LogP contribution in [0.1, 0.15) is 37.5 Å². The molecule has 0 radical (unpaired) electrons. The Hall–Kier alpha value is -3.01. The molecule has 0 unspecified atom stereocenters. The summed E-state index contributed by atoms with van der Waals surface area (Å²) in [7, 11) is 0. The number of hydrogen-bond acceptors (Lipinski definition) is 4. The van der Waals surface area contributed by atoms with Crippen LogP contribution in [0.25, 0.3) is 0 Å². The van der Waals surface area contributed by atoms with Gasteiger partial charge in [0.05, 0.1) is 0 Å². The van der Waals surface area contributed by atoms with Crippen LogP contribution in [0.15, 0.2) is 66.9 Å². The van der Waals surface area contributed by atoms with E-state index in [1.165, 1.54) is 11.1 Å². The van der Waals surface area contributed by atoms with Crippen molar-refractivity contribution in [3.05, 3.63) is 83.6 Å². The summed E-state index contributed by atoms with van der Waals surface area (Å²) in [4.78, 5) is 4.29. The predicted octanol–water partition coefficient (Wildman–Crippen LogP) is 5.76. The highest BCUT2D eigenvalue weighted by atomic mass is 16.5. The Morgan fingerprint density at radius 3 is 2.31 bits per heavy atom. The fraction of sp³-hybridized carbons (Fsp3) is 0.320. The molecule has 0 amide bonds. The van der Waals surface area contributed by atoms with E-state index in [2.05, 4.69) is 62.3 Å². The molecule has 4 nitrogen and oxygen atoms in total. The molecule has 0 aliphatic carbocycles. The number of pyridine rings is 1. The minimum absolute atomic E-state index is 0.0337. The van der Waals surface area contributed by atoms with Crippen LogP contribution in [0.3, 0.4) is 0 Å².